The third-order valence-corrected chi connectivity index (χ3v) is 11.7. The van der Waals surface area contributed by atoms with Crippen LogP contribution < -0.4 is 15.0 Å². The minimum atomic E-state index is -0.210. The van der Waals surface area contributed by atoms with E-state index in [-0.39, 0.29) is 33.5 Å². The van der Waals surface area contributed by atoms with Crippen LogP contribution in [0.15, 0.2) is 116 Å². The van der Waals surface area contributed by atoms with E-state index in [0.29, 0.717) is 11.5 Å². The van der Waals surface area contributed by atoms with Crippen molar-refractivity contribution in [1.29, 1.82) is 0 Å². The van der Waals surface area contributed by atoms with Crippen molar-refractivity contribution in [3.63, 3.8) is 0 Å². The number of aromatic nitrogens is 4. The van der Waals surface area contributed by atoms with Gasteiger partial charge < -0.3 is 23.4 Å². The van der Waals surface area contributed by atoms with E-state index < -0.39 is 0 Å². The average molecular weight is 879 g/mol. The fraction of sp³-hybridized carbons (Fsp3) is 0.130. The van der Waals surface area contributed by atoms with Crippen molar-refractivity contribution < 1.29 is 25.8 Å². The van der Waals surface area contributed by atoms with Gasteiger partial charge in [-0.15, -0.1) is 29.8 Å². The van der Waals surface area contributed by atoms with Crippen molar-refractivity contribution >= 4 is 45.3 Å². The predicted molar refractivity (Wildman–Crippen MR) is 215 cm³/mol. The molecule has 0 fully saturated rings. The van der Waals surface area contributed by atoms with Crippen molar-refractivity contribution in [2.24, 2.45) is 0 Å². The van der Waals surface area contributed by atoms with E-state index in [9.17, 15) is 0 Å². The van der Waals surface area contributed by atoms with E-state index in [1.807, 2.05) is 30.6 Å². The molecule has 9 aromatic rings. The monoisotopic (exact) mass is 878 g/mol. The molecule has 4 aromatic heterocycles. The van der Waals surface area contributed by atoms with Crippen LogP contribution in [0.5, 0.6) is 11.5 Å². The number of benzene rings is 5. The zero-order valence-corrected chi connectivity index (χ0v) is 32.8. The molecule has 0 amide bonds. The van der Waals surface area contributed by atoms with Crippen LogP contribution in [-0.2, 0) is 26.5 Å². The topological polar surface area (TPSA) is 47.6 Å². The van der Waals surface area contributed by atoms with Crippen molar-refractivity contribution in [1.82, 2.24) is 18.8 Å². The Morgan fingerprint density at radius 3 is 2.39 bits per heavy atom. The molecule has 0 spiro atoms. The summed E-state index contributed by atoms with van der Waals surface area (Å²) in [5.41, 5.74) is 15.0. The Morgan fingerprint density at radius 2 is 1.54 bits per heavy atom. The van der Waals surface area contributed by atoms with Crippen LogP contribution in [0, 0.1) is 26.0 Å². The zero-order valence-electron chi connectivity index (χ0n) is 30.5. The SMILES string of the molecule is Cc1cccc(C)c1B1N(C)c2ccc(Oc3[c-]c(-c4ncc5c6ccccc6n6c7c(c4c56)C(C)(C)c4ccccc4-7)ccc3)[c-]c2-c2nccn21.[Pt+2]. The van der Waals surface area contributed by atoms with E-state index in [1.54, 1.807) is 0 Å². The maximum absolute atomic E-state index is 6.57. The number of anilines is 1. The standard InChI is InChI=1S/C46H34BN5O.Pt/c1-27-12-10-13-28(2)41(27)47-50(5)37-21-20-31(25-34(37)45-48-22-23-51(45)47)53-30-15-11-14-29(24-30)42-39-40-44(33-17-6-8-18-36(33)46(40,3)4)52-38-19-9-7-16-32(38)35(26-49-42)43(39)52;/h6-23,26H,1-5H3;/q-2;+2. The van der Waals surface area contributed by atoms with Gasteiger partial charge in [0.1, 0.15) is 0 Å². The first kappa shape index (κ1) is 33.0. The molecule has 0 atom stereocenters. The Kier molecular flexibility index (Phi) is 7.13. The Hall–Kier alpha value is -5.65. The summed E-state index contributed by atoms with van der Waals surface area (Å²) in [6.45, 7) is 9.03. The number of imidazole rings is 1. The van der Waals surface area contributed by atoms with Gasteiger partial charge in [0.05, 0.1) is 16.7 Å². The maximum atomic E-state index is 6.57. The first-order valence-electron chi connectivity index (χ1n) is 18.2. The van der Waals surface area contributed by atoms with Gasteiger partial charge in [-0.05, 0) is 54.6 Å². The smallest absolute Gasteiger partial charge is 0.497 e. The zero-order chi connectivity index (χ0) is 35.7. The second kappa shape index (κ2) is 11.7. The molecule has 262 valence electrons. The number of aryl methyl sites for hydroxylation is 2. The number of ether oxygens (including phenoxy) is 1. The van der Waals surface area contributed by atoms with Crippen molar-refractivity contribution in [2.45, 2.75) is 33.1 Å². The van der Waals surface area contributed by atoms with Crippen LogP contribution in [0.25, 0.3) is 61.1 Å². The van der Waals surface area contributed by atoms with Crippen LogP contribution in [0.2, 0.25) is 0 Å². The van der Waals surface area contributed by atoms with Crippen molar-refractivity contribution in [3.8, 4) is 45.4 Å². The summed E-state index contributed by atoms with van der Waals surface area (Å²) < 4.78 is 11.3. The molecule has 11 rings (SSSR count). The molecule has 6 nitrogen and oxygen atoms in total. The molecule has 0 bridgehead atoms. The van der Waals surface area contributed by atoms with Gasteiger partial charge in [0.25, 0.3) is 0 Å². The number of para-hydroxylation sites is 1. The Labute approximate surface area is 328 Å². The Balaban J connectivity index is 0.00000361. The fourth-order valence-corrected chi connectivity index (χ4v) is 9.43. The summed E-state index contributed by atoms with van der Waals surface area (Å²) in [7, 11) is 2.14. The molecular formula is C46H34BN5OPt. The van der Waals surface area contributed by atoms with Gasteiger partial charge in [0, 0.05) is 57.7 Å². The van der Waals surface area contributed by atoms with E-state index >= 15 is 0 Å². The predicted octanol–water partition coefficient (Wildman–Crippen LogP) is 9.62. The molecule has 2 aliphatic rings. The van der Waals surface area contributed by atoms with E-state index in [4.69, 9.17) is 14.7 Å². The van der Waals surface area contributed by atoms with Crippen LogP contribution in [0.1, 0.15) is 36.1 Å². The van der Waals surface area contributed by atoms with Gasteiger partial charge in [0.2, 0.25) is 0 Å². The quantitative estimate of drug-likeness (QED) is 0.131. The van der Waals surface area contributed by atoms with Crippen LogP contribution in [0.4, 0.5) is 5.69 Å². The number of fused-ring (bicyclic) bond motifs is 11. The van der Waals surface area contributed by atoms with E-state index in [2.05, 4.69) is 146 Å². The van der Waals surface area contributed by atoms with Gasteiger partial charge in [-0.2, -0.15) is 0 Å². The molecule has 5 heterocycles. The van der Waals surface area contributed by atoms with Crippen LogP contribution >= 0.6 is 0 Å². The minimum absolute atomic E-state index is 0. The third-order valence-electron chi connectivity index (χ3n) is 11.7. The normalized spacial score (nSPS) is 13.9. The van der Waals surface area contributed by atoms with Crippen molar-refractivity contribution in [2.75, 3.05) is 11.9 Å². The number of hydrogen-bond acceptors (Lipinski definition) is 4. The van der Waals surface area contributed by atoms with E-state index in [0.717, 1.165) is 28.3 Å². The summed E-state index contributed by atoms with van der Waals surface area (Å²) >= 11 is 0. The fourth-order valence-electron chi connectivity index (χ4n) is 9.43. The first-order chi connectivity index (χ1) is 25.8. The summed E-state index contributed by atoms with van der Waals surface area (Å²) in [6, 6.07) is 41.4. The van der Waals surface area contributed by atoms with Gasteiger partial charge in [-0.25, -0.2) is 0 Å². The second-order valence-electron chi connectivity index (χ2n) is 15.1. The van der Waals surface area contributed by atoms with Gasteiger partial charge in [0.15, 0.2) is 0 Å². The molecule has 54 heavy (non-hydrogen) atoms. The number of hydrogen-bond donors (Lipinski definition) is 0. The van der Waals surface area contributed by atoms with Gasteiger partial charge in [-0.1, -0.05) is 115 Å². The van der Waals surface area contributed by atoms with Gasteiger partial charge >= 0.3 is 28.0 Å². The van der Waals surface area contributed by atoms with Gasteiger partial charge in [-0.3, -0.25) is 4.98 Å². The summed E-state index contributed by atoms with van der Waals surface area (Å²) in [6.07, 6.45) is 5.97. The van der Waals surface area contributed by atoms with Crippen LogP contribution in [0.3, 0.4) is 0 Å². The summed E-state index contributed by atoms with van der Waals surface area (Å²) in [5.74, 6) is 2.08. The third kappa shape index (κ3) is 4.33. The number of nitrogens with zero attached hydrogens (tertiary/aromatic N) is 5. The molecule has 0 saturated heterocycles. The largest absolute Gasteiger partial charge is 2.00 e. The molecule has 0 saturated carbocycles. The Bertz CT molecular complexity index is 2960. The first-order valence-corrected chi connectivity index (χ1v) is 18.2. The molecule has 1 aliphatic heterocycles. The van der Waals surface area contributed by atoms with Crippen molar-refractivity contribution in [3.05, 3.63) is 150 Å². The average Bonchev–Trinajstić information content (AvgIpc) is 3.92. The minimum Gasteiger partial charge on any atom is -0.497 e. The molecule has 8 heteroatoms. The molecule has 5 aromatic carbocycles. The summed E-state index contributed by atoms with van der Waals surface area (Å²) in [5, 5.41) is 3.56. The second-order valence-corrected chi connectivity index (χ2v) is 15.1. The maximum Gasteiger partial charge on any atom is 2.00 e. The van der Waals surface area contributed by atoms with E-state index in [1.165, 1.54) is 66.2 Å². The molecular weight excluding hydrogens is 844 g/mol. The van der Waals surface area contributed by atoms with Crippen LogP contribution in [-0.4, -0.2) is 32.9 Å². The number of rotatable bonds is 4. The molecule has 0 N–H and O–H groups in total. The number of pyridine rings is 1. The molecule has 0 unspecified atom stereocenters. The Morgan fingerprint density at radius 1 is 0.778 bits per heavy atom. The summed E-state index contributed by atoms with van der Waals surface area (Å²) in [4.78, 5) is 12.3. The molecule has 1 aliphatic carbocycles. The molecule has 0 radical (unpaired) electrons.